The fourth-order valence-electron chi connectivity index (χ4n) is 1.20. The van der Waals surface area contributed by atoms with Gasteiger partial charge in [-0.1, -0.05) is 11.6 Å². The summed E-state index contributed by atoms with van der Waals surface area (Å²) in [5.74, 6) is -0.788. The summed E-state index contributed by atoms with van der Waals surface area (Å²) in [6.45, 7) is 1.92. The first kappa shape index (κ1) is 13.3. The van der Waals surface area contributed by atoms with Gasteiger partial charge >= 0.3 is 5.97 Å². The summed E-state index contributed by atoms with van der Waals surface area (Å²) >= 11 is 9.03. The van der Waals surface area contributed by atoms with Crippen molar-refractivity contribution in [3.63, 3.8) is 0 Å². The molecule has 2 N–H and O–H groups in total. The van der Waals surface area contributed by atoms with E-state index in [1.165, 1.54) is 0 Å². The first-order valence-electron chi connectivity index (χ1n) is 4.78. The Hall–Kier alpha value is -0.810. The summed E-state index contributed by atoms with van der Waals surface area (Å²) in [6.07, 6.45) is 2.33. The zero-order valence-corrected chi connectivity index (χ0v) is 11.0. The van der Waals surface area contributed by atoms with Gasteiger partial charge in [-0.25, -0.2) is 4.98 Å². The minimum atomic E-state index is -0.788. The van der Waals surface area contributed by atoms with Crippen LogP contribution in [0, 0.1) is 0 Å². The lowest BCUT2D eigenvalue weighted by molar-refractivity contribution is -0.137. The van der Waals surface area contributed by atoms with Crippen molar-refractivity contribution in [2.45, 2.75) is 25.8 Å². The fourth-order valence-corrected chi connectivity index (χ4v) is 1.65. The largest absolute Gasteiger partial charge is 0.481 e. The minimum Gasteiger partial charge on any atom is -0.481 e. The molecule has 0 aliphatic heterocycles. The SMILES string of the molecule is CC(CCC(=O)O)Nc1cnc(Cl)c(Br)c1. The van der Waals surface area contributed by atoms with Crippen LogP contribution in [-0.4, -0.2) is 22.1 Å². The van der Waals surface area contributed by atoms with Crippen molar-refractivity contribution in [2.75, 3.05) is 5.32 Å². The van der Waals surface area contributed by atoms with Crippen molar-refractivity contribution in [3.05, 3.63) is 21.9 Å². The van der Waals surface area contributed by atoms with Gasteiger partial charge in [0.25, 0.3) is 0 Å². The standard InChI is InChI=1S/C10H12BrClN2O2/c1-6(2-3-9(15)16)14-7-4-8(11)10(12)13-5-7/h4-6,14H,2-3H2,1H3,(H,15,16). The number of aromatic nitrogens is 1. The van der Waals surface area contributed by atoms with Gasteiger partial charge in [0.1, 0.15) is 5.15 Å². The molecule has 0 aromatic carbocycles. The molecule has 0 fully saturated rings. The first-order chi connectivity index (χ1) is 7.49. The van der Waals surface area contributed by atoms with Gasteiger partial charge in [-0.3, -0.25) is 4.79 Å². The Morgan fingerprint density at radius 2 is 2.44 bits per heavy atom. The lowest BCUT2D eigenvalue weighted by Gasteiger charge is -2.14. The number of hydrogen-bond acceptors (Lipinski definition) is 3. The highest BCUT2D eigenvalue weighted by Gasteiger charge is 2.06. The summed E-state index contributed by atoms with van der Waals surface area (Å²) in [4.78, 5) is 14.4. The van der Waals surface area contributed by atoms with E-state index in [-0.39, 0.29) is 12.5 Å². The maximum atomic E-state index is 10.4. The zero-order valence-electron chi connectivity index (χ0n) is 8.70. The van der Waals surface area contributed by atoms with Crippen LogP contribution in [0.5, 0.6) is 0 Å². The molecule has 0 spiro atoms. The molecule has 0 saturated carbocycles. The molecule has 16 heavy (non-hydrogen) atoms. The Bertz CT molecular complexity index is 387. The van der Waals surface area contributed by atoms with Crippen LogP contribution in [-0.2, 0) is 4.79 Å². The molecule has 1 aromatic heterocycles. The van der Waals surface area contributed by atoms with Crippen LogP contribution < -0.4 is 5.32 Å². The van der Waals surface area contributed by atoms with Crippen molar-refractivity contribution < 1.29 is 9.90 Å². The van der Waals surface area contributed by atoms with Gasteiger partial charge < -0.3 is 10.4 Å². The number of hydrogen-bond donors (Lipinski definition) is 2. The summed E-state index contributed by atoms with van der Waals surface area (Å²) in [6, 6.07) is 1.89. The van der Waals surface area contributed by atoms with Crippen molar-refractivity contribution in [1.82, 2.24) is 4.98 Å². The number of nitrogens with one attached hydrogen (secondary N) is 1. The van der Waals surface area contributed by atoms with Crippen LogP contribution in [0.15, 0.2) is 16.7 Å². The third kappa shape index (κ3) is 4.37. The van der Waals surface area contributed by atoms with E-state index < -0.39 is 5.97 Å². The third-order valence-electron chi connectivity index (χ3n) is 2.00. The van der Waals surface area contributed by atoms with Gasteiger partial charge in [0, 0.05) is 12.5 Å². The predicted octanol–water partition coefficient (Wildman–Crippen LogP) is 3.16. The van der Waals surface area contributed by atoms with Crippen LogP contribution in [0.4, 0.5) is 5.69 Å². The molecular weight excluding hydrogens is 295 g/mol. The van der Waals surface area contributed by atoms with Gasteiger partial charge in [-0.15, -0.1) is 0 Å². The maximum Gasteiger partial charge on any atom is 0.303 e. The first-order valence-corrected chi connectivity index (χ1v) is 5.95. The highest BCUT2D eigenvalue weighted by molar-refractivity contribution is 9.10. The number of carboxylic acids is 1. The third-order valence-corrected chi connectivity index (χ3v) is 3.13. The van der Waals surface area contributed by atoms with E-state index in [0.29, 0.717) is 16.0 Å². The number of aliphatic carboxylic acids is 1. The average molecular weight is 308 g/mol. The maximum absolute atomic E-state index is 10.4. The number of carbonyl (C=O) groups is 1. The highest BCUT2D eigenvalue weighted by atomic mass is 79.9. The van der Waals surface area contributed by atoms with E-state index in [9.17, 15) is 4.79 Å². The average Bonchev–Trinajstić information content (AvgIpc) is 2.21. The molecule has 4 nitrogen and oxygen atoms in total. The second-order valence-corrected chi connectivity index (χ2v) is 4.69. The molecule has 1 rings (SSSR count). The number of halogens is 2. The van der Waals surface area contributed by atoms with Crippen LogP contribution in [0.1, 0.15) is 19.8 Å². The molecule has 1 heterocycles. The molecule has 1 unspecified atom stereocenters. The Labute approximate surface area is 107 Å². The summed E-state index contributed by atoms with van der Waals surface area (Å²) in [5, 5.41) is 12.1. The van der Waals surface area contributed by atoms with Crippen molar-refractivity contribution in [2.24, 2.45) is 0 Å². The monoisotopic (exact) mass is 306 g/mol. The van der Waals surface area contributed by atoms with Crippen LogP contribution >= 0.6 is 27.5 Å². The normalized spacial score (nSPS) is 12.2. The van der Waals surface area contributed by atoms with Gasteiger partial charge in [-0.05, 0) is 35.3 Å². The zero-order chi connectivity index (χ0) is 12.1. The van der Waals surface area contributed by atoms with E-state index in [1.807, 2.05) is 13.0 Å². The van der Waals surface area contributed by atoms with Crippen molar-refractivity contribution >= 4 is 39.2 Å². The Kier molecular flexibility index (Phi) is 5.02. The van der Waals surface area contributed by atoms with E-state index in [4.69, 9.17) is 16.7 Å². The Balaban J connectivity index is 2.52. The predicted molar refractivity (Wildman–Crippen MR) is 66.9 cm³/mol. The quantitative estimate of drug-likeness (QED) is 0.820. The fraction of sp³-hybridized carbons (Fsp3) is 0.400. The number of rotatable bonds is 5. The number of carboxylic acid groups (broad SMARTS) is 1. The molecule has 0 aliphatic rings. The van der Waals surface area contributed by atoms with Crippen LogP contribution in [0.3, 0.4) is 0 Å². The summed E-state index contributed by atoms with van der Waals surface area (Å²) < 4.78 is 0.713. The topological polar surface area (TPSA) is 62.2 Å². The molecular formula is C10H12BrClN2O2. The van der Waals surface area contributed by atoms with E-state index in [0.717, 1.165) is 5.69 Å². The molecule has 0 amide bonds. The second kappa shape index (κ2) is 6.06. The second-order valence-electron chi connectivity index (χ2n) is 3.47. The smallest absolute Gasteiger partial charge is 0.303 e. The minimum absolute atomic E-state index is 0.0750. The van der Waals surface area contributed by atoms with Gasteiger partial charge in [0.05, 0.1) is 16.4 Å². The molecule has 0 aliphatic carbocycles. The van der Waals surface area contributed by atoms with Crippen LogP contribution in [0.2, 0.25) is 5.15 Å². The highest BCUT2D eigenvalue weighted by Crippen LogP contribution is 2.23. The lowest BCUT2D eigenvalue weighted by atomic mass is 10.2. The molecule has 6 heteroatoms. The number of nitrogens with zero attached hydrogens (tertiary/aromatic N) is 1. The summed E-state index contributed by atoms with van der Waals surface area (Å²) in [5.41, 5.74) is 0.814. The van der Waals surface area contributed by atoms with E-state index >= 15 is 0 Å². The molecule has 88 valence electrons. The molecule has 0 bridgehead atoms. The molecule has 0 radical (unpaired) electrons. The number of pyridine rings is 1. The molecule has 1 atom stereocenters. The molecule has 1 aromatic rings. The van der Waals surface area contributed by atoms with E-state index in [2.05, 4.69) is 26.2 Å². The van der Waals surface area contributed by atoms with Gasteiger partial charge in [0.15, 0.2) is 0 Å². The Morgan fingerprint density at radius 1 is 1.75 bits per heavy atom. The van der Waals surface area contributed by atoms with Gasteiger partial charge in [0.2, 0.25) is 0 Å². The summed E-state index contributed by atoms with van der Waals surface area (Å²) in [7, 11) is 0. The number of anilines is 1. The molecule has 0 saturated heterocycles. The van der Waals surface area contributed by atoms with Crippen molar-refractivity contribution in [3.8, 4) is 0 Å². The van der Waals surface area contributed by atoms with Crippen molar-refractivity contribution in [1.29, 1.82) is 0 Å². The van der Waals surface area contributed by atoms with Crippen LogP contribution in [0.25, 0.3) is 0 Å². The Morgan fingerprint density at radius 3 is 3.00 bits per heavy atom. The lowest BCUT2D eigenvalue weighted by Crippen LogP contribution is -2.16. The van der Waals surface area contributed by atoms with E-state index in [1.54, 1.807) is 6.20 Å². The van der Waals surface area contributed by atoms with Gasteiger partial charge in [-0.2, -0.15) is 0 Å².